The molecule has 1 N–H and O–H groups in total. The lowest BCUT2D eigenvalue weighted by Crippen LogP contribution is -2.57. The average molecular weight is 593 g/mol. The first-order valence-corrected chi connectivity index (χ1v) is 15.6. The van der Waals surface area contributed by atoms with E-state index in [4.69, 9.17) is 4.74 Å². The van der Waals surface area contributed by atoms with Crippen molar-refractivity contribution in [2.24, 2.45) is 0 Å². The first-order chi connectivity index (χ1) is 21.2. The number of pyridine rings is 1. The lowest BCUT2D eigenvalue weighted by atomic mass is 9.93. The van der Waals surface area contributed by atoms with Crippen molar-refractivity contribution in [1.82, 2.24) is 20.1 Å². The maximum Gasteiger partial charge on any atom is 0.256 e. The molecule has 1 unspecified atom stereocenters. The van der Waals surface area contributed by atoms with Crippen LogP contribution in [0.5, 0.6) is 0 Å². The number of nitrogens with one attached hydrogen (secondary N) is 1. The molecule has 0 saturated carbocycles. The van der Waals surface area contributed by atoms with Crippen molar-refractivity contribution in [3.63, 3.8) is 0 Å². The quantitative estimate of drug-likeness (QED) is 0.223. The number of fused-ring (bicyclic) bond motifs is 1. The summed E-state index contributed by atoms with van der Waals surface area (Å²) in [6.45, 7) is 10.3. The Balaban J connectivity index is 1.43. The lowest BCUT2D eigenvalue weighted by molar-refractivity contribution is -0.125. The number of benzene rings is 3. The fourth-order valence-electron chi connectivity index (χ4n) is 6.13. The minimum atomic E-state index is -0.423. The monoisotopic (exact) mass is 592 g/mol. The molecule has 1 aromatic heterocycles. The van der Waals surface area contributed by atoms with Crippen molar-refractivity contribution >= 4 is 22.6 Å². The molecule has 230 valence electrons. The van der Waals surface area contributed by atoms with Crippen molar-refractivity contribution in [2.75, 3.05) is 26.2 Å². The number of hydrogen-bond donors (Lipinski definition) is 1. The van der Waals surface area contributed by atoms with E-state index >= 15 is 0 Å². The molecule has 0 bridgehead atoms. The summed E-state index contributed by atoms with van der Waals surface area (Å²) in [5.74, 6) is -0.0861. The molecule has 2 heterocycles. The fraction of sp³-hybridized carbons (Fsp3) is 0.378. The predicted molar refractivity (Wildman–Crippen MR) is 175 cm³/mol. The van der Waals surface area contributed by atoms with Gasteiger partial charge in [-0.3, -0.25) is 19.5 Å². The molecule has 44 heavy (non-hydrogen) atoms. The van der Waals surface area contributed by atoms with Gasteiger partial charge < -0.3 is 15.0 Å². The highest BCUT2D eigenvalue weighted by Crippen LogP contribution is 2.33. The molecule has 7 heteroatoms. The number of hydrogen-bond acceptors (Lipinski definition) is 5. The Hall–Kier alpha value is -4.07. The van der Waals surface area contributed by atoms with E-state index in [1.54, 1.807) is 12.4 Å². The molecule has 2 amide bonds. The molecule has 5 rings (SSSR count). The molecule has 1 fully saturated rings. The maximum atomic E-state index is 14.0. The summed E-state index contributed by atoms with van der Waals surface area (Å²) < 4.78 is 5.76. The highest BCUT2D eigenvalue weighted by Gasteiger charge is 2.37. The number of carbonyl (C=O) groups is 2. The van der Waals surface area contributed by atoms with Gasteiger partial charge >= 0.3 is 0 Å². The molecule has 1 aliphatic heterocycles. The molecule has 0 spiro atoms. The van der Waals surface area contributed by atoms with Crippen molar-refractivity contribution in [3.8, 4) is 0 Å². The number of amides is 2. The third kappa shape index (κ3) is 7.71. The van der Waals surface area contributed by atoms with Crippen LogP contribution in [-0.4, -0.2) is 70.5 Å². The van der Waals surface area contributed by atoms with Gasteiger partial charge in [-0.15, -0.1) is 0 Å². The Labute approximate surface area is 261 Å². The molecule has 1 saturated heterocycles. The summed E-state index contributed by atoms with van der Waals surface area (Å²) in [5.41, 5.74) is 2.49. The molecule has 1 atom stereocenters. The Bertz CT molecular complexity index is 1500. The van der Waals surface area contributed by atoms with Crippen LogP contribution in [0.3, 0.4) is 0 Å². The van der Waals surface area contributed by atoms with Gasteiger partial charge in [0.25, 0.3) is 5.91 Å². The summed E-state index contributed by atoms with van der Waals surface area (Å²) in [4.78, 5) is 36.4. The number of carbonyl (C=O) groups excluding carboxylic acids is 2. The number of nitrogens with zero attached hydrogens (tertiary/aromatic N) is 3. The van der Waals surface area contributed by atoms with Crippen molar-refractivity contribution in [3.05, 3.63) is 114 Å². The summed E-state index contributed by atoms with van der Waals surface area (Å²) >= 11 is 0. The second kappa shape index (κ2) is 14.1. The molecular formula is C37H44N4O3. The van der Waals surface area contributed by atoms with Gasteiger partial charge in [0.05, 0.1) is 17.7 Å². The zero-order valence-corrected chi connectivity index (χ0v) is 26.3. The molecule has 0 radical (unpaired) electrons. The molecule has 7 nitrogen and oxygen atoms in total. The second-order valence-electron chi connectivity index (χ2n) is 12.6. The van der Waals surface area contributed by atoms with E-state index in [2.05, 4.69) is 63.7 Å². The van der Waals surface area contributed by atoms with Crippen molar-refractivity contribution < 1.29 is 14.3 Å². The van der Waals surface area contributed by atoms with E-state index < -0.39 is 5.54 Å². The molecular weight excluding hydrogens is 548 g/mol. The summed E-state index contributed by atoms with van der Waals surface area (Å²) in [7, 11) is 0. The molecule has 1 aliphatic rings. The van der Waals surface area contributed by atoms with Crippen LogP contribution >= 0.6 is 0 Å². The minimum Gasteiger partial charge on any atom is -0.379 e. The number of aromatic nitrogens is 1. The van der Waals surface area contributed by atoms with E-state index in [0.717, 1.165) is 21.9 Å². The highest BCUT2D eigenvalue weighted by molar-refractivity contribution is 6.06. The van der Waals surface area contributed by atoms with Crippen LogP contribution in [0.4, 0.5) is 0 Å². The third-order valence-electron chi connectivity index (χ3n) is 8.35. The van der Waals surface area contributed by atoms with E-state index in [-0.39, 0.29) is 36.4 Å². The van der Waals surface area contributed by atoms with Gasteiger partial charge in [0.2, 0.25) is 5.91 Å². The normalized spacial score (nSPS) is 16.0. The van der Waals surface area contributed by atoms with E-state index in [1.165, 1.54) is 0 Å². The summed E-state index contributed by atoms with van der Waals surface area (Å²) in [6, 6.07) is 28.4. The van der Waals surface area contributed by atoms with Crippen LogP contribution in [0, 0.1) is 0 Å². The highest BCUT2D eigenvalue weighted by atomic mass is 16.5. The number of ether oxygens (including phenoxy) is 1. The van der Waals surface area contributed by atoms with Crippen LogP contribution in [0.15, 0.2) is 97.3 Å². The standard InChI is InChI=1S/C37H44N4O3/c1-27(2)44-22-19-37(3,4)39-34(42)23-31-26-40(36(43)33-25-38-24-30-17-11-12-18-32(30)33)20-21-41(31)35(28-13-7-5-8-14-28)29-15-9-6-10-16-29/h5-18,24-25,27,31,35H,19-23,26H2,1-4H3,(H,39,42). The second-order valence-corrected chi connectivity index (χ2v) is 12.6. The van der Waals surface area contributed by atoms with E-state index in [1.807, 2.05) is 69.0 Å². The largest absolute Gasteiger partial charge is 0.379 e. The SMILES string of the molecule is CC(C)OCCC(C)(C)NC(=O)CC1CN(C(=O)c2cncc3ccccc23)CCN1C(c1ccccc1)c1ccccc1. The Morgan fingerprint density at radius 3 is 2.20 bits per heavy atom. The van der Waals surface area contributed by atoms with Crippen LogP contribution in [0.25, 0.3) is 10.8 Å². The van der Waals surface area contributed by atoms with Crippen LogP contribution < -0.4 is 5.32 Å². The maximum absolute atomic E-state index is 14.0. The summed E-state index contributed by atoms with van der Waals surface area (Å²) in [6.07, 6.45) is 4.57. The average Bonchev–Trinajstić information content (AvgIpc) is 3.01. The van der Waals surface area contributed by atoms with Gasteiger partial charge in [-0.2, -0.15) is 0 Å². The Kier molecular flexibility index (Phi) is 10.1. The van der Waals surface area contributed by atoms with Crippen molar-refractivity contribution in [2.45, 2.75) is 64.3 Å². The minimum absolute atomic E-state index is 0.0319. The smallest absolute Gasteiger partial charge is 0.256 e. The Morgan fingerprint density at radius 2 is 1.55 bits per heavy atom. The van der Waals surface area contributed by atoms with Gasteiger partial charge in [-0.25, -0.2) is 0 Å². The first kappa shape index (κ1) is 31.4. The Morgan fingerprint density at radius 1 is 0.909 bits per heavy atom. The van der Waals surface area contributed by atoms with E-state index in [0.29, 0.717) is 38.2 Å². The van der Waals surface area contributed by atoms with Crippen LogP contribution in [0.1, 0.15) is 68.1 Å². The van der Waals surface area contributed by atoms with Crippen LogP contribution in [-0.2, 0) is 9.53 Å². The number of rotatable bonds is 11. The molecule has 4 aromatic rings. The number of piperazine rings is 1. The summed E-state index contributed by atoms with van der Waals surface area (Å²) in [5, 5.41) is 5.08. The first-order valence-electron chi connectivity index (χ1n) is 15.6. The van der Waals surface area contributed by atoms with Gasteiger partial charge in [0, 0.05) is 62.0 Å². The third-order valence-corrected chi connectivity index (χ3v) is 8.35. The van der Waals surface area contributed by atoms with Crippen molar-refractivity contribution in [1.29, 1.82) is 0 Å². The zero-order valence-electron chi connectivity index (χ0n) is 26.3. The van der Waals surface area contributed by atoms with Gasteiger partial charge in [0.1, 0.15) is 0 Å². The van der Waals surface area contributed by atoms with E-state index in [9.17, 15) is 9.59 Å². The lowest BCUT2D eigenvalue weighted by Gasteiger charge is -2.45. The fourth-order valence-corrected chi connectivity index (χ4v) is 6.13. The zero-order chi connectivity index (χ0) is 31.1. The van der Waals surface area contributed by atoms with Gasteiger partial charge in [-0.1, -0.05) is 84.9 Å². The molecule has 3 aromatic carbocycles. The van der Waals surface area contributed by atoms with Gasteiger partial charge in [-0.05, 0) is 50.6 Å². The predicted octanol–water partition coefficient (Wildman–Crippen LogP) is 6.25. The van der Waals surface area contributed by atoms with Crippen LogP contribution in [0.2, 0.25) is 0 Å². The molecule has 0 aliphatic carbocycles. The topological polar surface area (TPSA) is 74.8 Å². The van der Waals surface area contributed by atoms with Gasteiger partial charge in [0.15, 0.2) is 0 Å².